The molecule has 3 heterocycles. The van der Waals surface area contributed by atoms with Crippen molar-refractivity contribution in [2.24, 2.45) is 11.8 Å². The molecule has 3 atom stereocenters. The van der Waals surface area contributed by atoms with Crippen LogP contribution in [0.3, 0.4) is 0 Å². The van der Waals surface area contributed by atoms with Crippen LogP contribution in [0.25, 0.3) is 0 Å². The van der Waals surface area contributed by atoms with Gasteiger partial charge in [-0.05, 0) is 75.3 Å². The van der Waals surface area contributed by atoms with Crippen molar-refractivity contribution in [1.29, 1.82) is 0 Å². The van der Waals surface area contributed by atoms with Gasteiger partial charge in [0.05, 0.1) is 0 Å². The maximum atomic E-state index is 5.18. The fourth-order valence-electron chi connectivity index (χ4n) is 2.66. The molecule has 0 amide bonds. The van der Waals surface area contributed by atoms with Crippen LogP contribution < -0.4 is 5.32 Å². The van der Waals surface area contributed by atoms with E-state index in [4.69, 9.17) is 4.74 Å². The van der Waals surface area contributed by atoms with Gasteiger partial charge in [0.2, 0.25) is 0 Å². The summed E-state index contributed by atoms with van der Waals surface area (Å²) in [5.41, 5.74) is 0. The Hall–Kier alpha value is 0.270. The van der Waals surface area contributed by atoms with E-state index < -0.39 is 0 Å². The number of ether oxygens (including phenoxy) is 1. The van der Waals surface area contributed by atoms with Crippen LogP contribution in [0.15, 0.2) is 0 Å². The number of hydrogen-bond acceptors (Lipinski definition) is 3. The molecule has 0 aromatic carbocycles. The smallest absolute Gasteiger partial charge is 0.0491 e. The minimum Gasteiger partial charge on any atom is -0.381 e. The molecule has 0 bridgehead atoms. The molecule has 3 aliphatic heterocycles. The van der Waals surface area contributed by atoms with E-state index in [-0.39, 0.29) is 0 Å². The monoisotopic (exact) mass is 301 g/mol. The SMILES string of the molecule is C[C@@H]1CCCOC1.C[C@@H]1CCCSC1.C[C@H]1CCCN1. The van der Waals surface area contributed by atoms with Crippen LogP contribution in [0.4, 0.5) is 0 Å². The Morgan fingerprint density at radius 3 is 2.00 bits per heavy atom. The van der Waals surface area contributed by atoms with Gasteiger partial charge in [-0.1, -0.05) is 13.8 Å². The molecular weight excluding hydrogens is 266 g/mol. The molecule has 0 radical (unpaired) electrons. The summed E-state index contributed by atoms with van der Waals surface area (Å²) in [6, 6.07) is 0.796. The highest BCUT2D eigenvalue weighted by atomic mass is 32.2. The van der Waals surface area contributed by atoms with Crippen molar-refractivity contribution in [3.05, 3.63) is 0 Å². The first-order chi connectivity index (χ1) is 9.68. The second-order valence-corrected chi connectivity index (χ2v) is 7.79. The van der Waals surface area contributed by atoms with Gasteiger partial charge in [-0.15, -0.1) is 0 Å². The van der Waals surface area contributed by atoms with Crippen LogP contribution >= 0.6 is 11.8 Å². The average molecular weight is 302 g/mol. The molecule has 3 aliphatic rings. The third-order valence-corrected chi connectivity index (χ3v) is 5.46. The average Bonchev–Trinajstić information content (AvgIpc) is 2.93. The summed E-state index contributed by atoms with van der Waals surface area (Å²) in [6.07, 6.45) is 8.29. The van der Waals surface area contributed by atoms with Gasteiger partial charge in [0.1, 0.15) is 0 Å². The van der Waals surface area contributed by atoms with Gasteiger partial charge in [0, 0.05) is 19.3 Å². The molecule has 0 aromatic heterocycles. The van der Waals surface area contributed by atoms with Crippen molar-refractivity contribution in [2.45, 2.75) is 65.3 Å². The number of nitrogens with one attached hydrogen (secondary N) is 1. The van der Waals surface area contributed by atoms with E-state index in [2.05, 4.69) is 37.8 Å². The fraction of sp³-hybridized carbons (Fsp3) is 1.00. The van der Waals surface area contributed by atoms with Crippen LogP contribution in [-0.2, 0) is 4.74 Å². The van der Waals surface area contributed by atoms with E-state index in [0.29, 0.717) is 0 Å². The molecule has 0 aliphatic carbocycles. The minimum atomic E-state index is 0.796. The Morgan fingerprint density at radius 1 is 0.950 bits per heavy atom. The van der Waals surface area contributed by atoms with Crippen molar-refractivity contribution < 1.29 is 4.74 Å². The molecule has 2 nitrogen and oxygen atoms in total. The summed E-state index contributed by atoms with van der Waals surface area (Å²) < 4.78 is 5.18. The van der Waals surface area contributed by atoms with Crippen LogP contribution in [0, 0.1) is 11.8 Å². The molecule has 120 valence electrons. The molecule has 3 rings (SSSR count). The van der Waals surface area contributed by atoms with Gasteiger partial charge in [0.25, 0.3) is 0 Å². The van der Waals surface area contributed by atoms with Gasteiger partial charge in [-0.25, -0.2) is 0 Å². The lowest BCUT2D eigenvalue weighted by molar-refractivity contribution is 0.0616. The van der Waals surface area contributed by atoms with Gasteiger partial charge < -0.3 is 10.1 Å². The van der Waals surface area contributed by atoms with Crippen molar-refractivity contribution in [3.63, 3.8) is 0 Å². The van der Waals surface area contributed by atoms with E-state index >= 15 is 0 Å². The van der Waals surface area contributed by atoms with Gasteiger partial charge in [0.15, 0.2) is 0 Å². The summed E-state index contributed by atoms with van der Waals surface area (Å²) in [5, 5.41) is 3.32. The maximum Gasteiger partial charge on any atom is 0.0491 e. The normalized spacial score (nSPS) is 33.5. The first kappa shape index (κ1) is 18.3. The van der Waals surface area contributed by atoms with Crippen molar-refractivity contribution in [3.8, 4) is 0 Å². The van der Waals surface area contributed by atoms with E-state index in [1.165, 1.54) is 56.6 Å². The predicted molar refractivity (Wildman–Crippen MR) is 91.6 cm³/mol. The molecule has 0 saturated carbocycles. The zero-order chi connectivity index (χ0) is 14.6. The maximum absolute atomic E-state index is 5.18. The van der Waals surface area contributed by atoms with Crippen molar-refractivity contribution >= 4 is 11.8 Å². The Labute approximate surface area is 130 Å². The van der Waals surface area contributed by atoms with Crippen molar-refractivity contribution in [1.82, 2.24) is 5.32 Å². The van der Waals surface area contributed by atoms with Gasteiger partial charge >= 0.3 is 0 Å². The summed E-state index contributed by atoms with van der Waals surface area (Å²) in [4.78, 5) is 0. The second-order valence-electron chi connectivity index (χ2n) is 6.64. The summed E-state index contributed by atoms with van der Waals surface area (Å²) in [5.74, 6) is 4.62. The molecule has 0 unspecified atom stereocenters. The molecule has 20 heavy (non-hydrogen) atoms. The minimum absolute atomic E-state index is 0.796. The lowest BCUT2D eigenvalue weighted by Crippen LogP contribution is -2.16. The molecule has 3 fully saturated rings. The number of thioether (sulfide) groups is 1. The molecule has 3 saturated heterocycles. The Balaban J connectivity index is 0.000000151. The zero-order valence-electron chi connectivity index (χ0n) is 13.8. The topological polar surface area (TPSA) is 21.3 Å². The summed E-state index contributed by atoms with van der Waals surface area (Å²) in [7, 11) is 0. The highest BCUT2D eigenvalue weighted by Crippen LogP contribution is 2.21. The van der Waals surface area contributed by atoms with Gasteiger partial charge in [-0.3, -0.25) is 0 Å². The lowest BCUT2D eigenvalue weighted by atomic mass is 10.1. The molecule has 1 N–H and O–H groups in total. The van der Waals surface area contributed by atoms with E-state index in [1.54, 1.807) is 0 Å². The summed E-state index contributed by atoms with van der Waals surface area (Å²) in [6.45, 7) is 10.0. The molecule has 3 heteroatoms. The van der Waals surface area contributed by atoms with Crippen molar-refractivity contribution in [2.75, 3.05) is 31.3 Å². The zero-order valence-corrected chi connectivity index (χ0v) is 14.6. The van der Waals surface area contributed by atoms with Crippen LogP contribution in [0.2, 0.25) is 0 Å². The largest absolute Gasteiger partial charge is 0.381 e. The second kappa shape index (κ2) is 11.9. The fourth-order valence-corrected chi connectivity index (χ4v) is 3.77. The quantitative estimate of drug-likeness (QED) is 0.719. The first-order valence-electron chi connectivity index (χ1n) is 8.57. The Bertz CT molecular complexity index is 191. The van der Waals surface area contributed by atoms with Crippen LogP contribution in [0.5, 0.6) is 0 Å². The Kier molecular flexibility index (Phi) is 10.9. The first-order valence-corrected chi connectivity index (χ1v) is 9.72. The van der Waals surface area contributed by atoms with Crippen LogP contribution in [-0.4, -0.2) is 37.3 Å². The predicted octanol–water partition coefficient (Wildman–Crippen LogP) is 4.34. The number of rotatable bonds is 0. The Morgan fingerprint density at radius 2 is 1.75 bits per heavy atom. The van der Waals surface area contributed by atoms with E-state index in [9.17, 15) is 0 Å². The summed E-state index contributed by atoms with van der Waals surface area (Å²) >= 11 is 2.10. The molecular formula is C17H35NOS. The standard InChI is InChI=1S/C6H12O.C6H12S.C5H11N/c2*1-6-3-2-4-7-5-6;1-5-3-2-4-6-5/h2*6H,2-5H2,1H3;5-6H,2-4H2,1H3/t2*6-;5-/m110/s1. The molecule has 0 spiro atoms. The third-order valence-electron chi connectivity index (χ3n) is 4.08. The highest BCUT2D eigenvalue weighted by Gasteiger charge is 2.07. The van der Waals surface area contributed by atoms with E-state index in [1.807, 2.05) is 0 Å². The van der Waals surface area contributed by atoms with Crippen LogP contribution in [0.1, 0.15) is 59.3 Å². The third kappa shape index (κ3) is 10.1. The highest BCUT2D eigenvalue weighted by molar-refractivity contribution is 7.99. The lowest BCUT2D eigenvalue weighted by Gasteiger charge is -2.16. The number of hydrogen-bond donors (Lipinski definition) is 1. The molecule has 0 aromatic rings. The van der Waals surface area contributed by atoms with Gasteiger partial charge in [-0.2, -0.15) is 11.8 Å². The van der Waals surface area contributed by atoms with E-state index in [0.717, 1.165) is 31.1 Å².